The first kappa shape index (κ1) is 23.5. The van der Waals surface area contributed by atoms with Gasteiger partial charge in [0.25, 0.3) is 0 Å². The Hall–Kier alpha value is -0.620. The highest BCUT2D eigenvalue weighted by Gasteiger charge is 2.67. The summed E-state index contributed by atoms with van der Waals surface area (Å²) in [5.41, 5.74) is 0.139. The highest BCUT2D eigenvalue weighted by Crippen LogP contribution is 2.70. The van der Waals surface area contributed by atoms with E-state index in [0.29, 0.717) is 30.1 Å². The molecule has 4 fully saturated rings. The van der Waals surface area contributed by atoms with Gasteiger partial charge in [-0.05, 0) is 80.5 Å². The molecule has 176 valence electrons. The van der Waals surface area contributed by atoms with Gasteiger partial charge in [-0.15, -0.1) is 0 Å². The van der Waals surface area contributed by atoms with Gasteiger partial charge < -0.3 is 14.6 Å². The molecule has 4 rings (SSSR count). The van der Waals surface area contributed by atoms with Crippen molar-refractivity contribution in [3.63, 3.8) is 0 Å². The molecule has 6 heteroatoms. The van der Waals surface area contributed by atoms with Crippen LogP contribution in [0.1, 0.15) is 86.0 Å². The minimum Gasteiger partial charge on any atom is -0.463 e. The molecule has 4 aliphatic rings. The Bertz CT molecular complexity index is 741. The molecule has 0 aromatic carbocycles. The Morgan fingerprint density at radius 1 is 1.03 bits per heavy atom. The predicted molar refractivity (Wildman–Crippen MR) is 122 cm³/mol. The number of alkyl halides is 1. The number of hydrogen-bond acceptors (Lipinski definition) is 5. The van der Waals surface area contributed by atoms with Crippen molar-refractivity contribution < 1.29 is 24.2 Å². The second-order valence-corrected chi connectivity index (χ2v) is 12.8. The normalized spacial score (nSPS) is 49.9. The van der Waals surface area contributed by atoms with Crippen LogP contribution in [0.3, 0.4) is 0 Å². The SMILES string of the molecule is CC(=O)O[C@H]1CC[C@]2(C)[C@H]3CC[C@]4(C)[C@@H]([C@@H](C)OC(C)=O)CC[C@H]4[C@@H]3C[C@@H](O)[C@@]2(Br)C1. The molecule has 0 aromatic heterocycles. The van der Waals surface area contributed by atoms with Gasteiger partial charge in [0.2, 0.25) is 0 Å². The van der Waals surface area contributed by atoms with Crippen LogP contribution in [0.2, 0.25) is 0 Å². The van der Waals surface area contributed by atoms with Gasteiger partial charge in [-0.1, -0.05) is 29.8 Å². The molecule has 1 N–H and O–H groups in total. The predicted octanol–water partition coefficient (Wildman–Crippen LogP) is 5.02. The lowest BCUT2D eigenvalue weighted by Gasteiger charge is -2.65. The van der Waals surface area contributed by atoms with Gasteiger partial charge in [0.15, 0.2) is 0 Å². The number of carbonyl (C=O) groups excluding carboxylic acids is 2. The first-order valence-electron chi connectivity index (χ1n) is 12.1. The smallest absolute Gasteiger partial charge is 0.302 e. The maximum absolute atomic E-state index is 11.6. The lowest BCUT2D eigenvalue weighted by molar-refractivity contribution is -0.173. The van der Waals surface area contributed by atoms with Crippen molar-refractivity contribution in [2.45, 2.75) is 109 Å². The summed E-state index contributed by atoms with van der Waals surface area (Å²) < 4.78 is 10.8. The van der Waals surface area contributed by atoms with Crippen LogP contribution in [-0.4, -0.2) is 39.7 Å². The maximum Gasteiger partial charge on any atom is 0.302 e. The molecule has 31 heavy (non-hydrogen) atoms. The molecule has 4 saturated carbocycles. The zero-order valence-electron chi connectivity index (χ0n) is 19.7. The molecule has 0 amide bonds. The van der Waals surface area contributed by atoms with Gasteiger partial charge in [-0.3, -0.25) is 9.59 Å². The minimum atomic E-state index is -0.454. The third-order valence-electron chi connectivity index (χ3n) is 10.1. The third kappa shape index (κ3) is 3.59. The van der Waals surface area contributed by atoms with E-state index >= 15 is 0 Å². The maximum atomic E-state index is 11.6. The topological polar surface area (TPSA) is 72.8 Å². The van der Waals surface area contributed by atoms with E-state index < -0.39 is 10.4 Å². The summed E-state index contributed by atoms with van der Waals surface area (Å²) in [6.45, 7) is 9.80. The number of esters is 2. The molecule has 0 aromatic rings. The fourth-order valence-electron chi connectivity index (χ4n) is 8.69. The van der Waals surface area contributed by atoms with Crippen LogP contribution < -0.4 is 0 Å². The number of ether oxygens (including phenoxy) is 2. The number of aliphatic hydroxyl groups excluding tert-OH is 1. The second kappa shape index (κ2) is 8.00. The molecule has 0 bridgehead atoms. The van der Waals surface area contributed by atoms with Crippen LogP contribution in [-0.2, 0) is 19.1 Å². The Kier molecular flexibility index (Phi) is 6.08. The molecule has 5 nitrogen and oxygen atoms in total. The highest BCUT2D eigenvalue weighted by molar-refractivity contribution is 9.10. The van der Waals surface area contributed by atoms with Crippen molar-refractivity contribution in [1.82, 2.24) is 0 Å². The first-order chi connectivity index (χ1) is 14.4. The summed E-state index contributed by atoms with van der Waals surface area (Å²) in [4.78, 5) is 23.1. The number of fused-ring (bicyclic) bond motifs is 5. The fourth-order valence-corrected chi connectivity index (χ4v) is 9.73. The molecular weight excluding hydrogens is 460 g/mol. The van der Waals surface area contributed by atoms with E-state index in [1.54, 1.807) is 0 Å². The standard InChI is InChI=1S/C25H39BrO5/c1-14(30-15(2)27)19-6-7-20-18-12-22(29)25(26)13-17(31-16(3)28)8-11-24(25,5)21(18)9-10-23(19,20)4/h14,17-22,29H,6-13H2,1-5H3/t14-,17+,18+,19-,20+,21+,22-,23-,24-,25+/m1/s1. The number of carbonyl (C=O) groups is 2. The number of aliphatic hydroxyl groups is 1. The first-order valence-corrected chi connectivity index (χ1v) is 12.9. The van der Waals surface area contributed by atoms with Crippen LogP contribution in [0, 0.1) is 34.5 Å². The Labute approximate surface area is 195 Å². The van der Waals surface area contributed by atoms with Crippen LogP contribution in [0.5, 0.6) is 0 Å². The second-order valence-electron chi connectivity index (χ2n) is 11.4. The van der Waals surface area contributed by atoms with E-state index in [4.69, 9.17) is 9.47 Å². The summed E-state index contributed by atoms with van der Waals surface area (Å²) in [5, 5.41) is 11.5. The average molecular weight is 499 g/mol. The minimum absolute atomic E-state index is 0.0209. The molecule has 0 saturated heterocycles. The summed E-state index contributed by atoms with van der Waals surface area (Å²) in [6.07, 6.45) is 7.24. The molecule has 0 aliphatic heterocycles. The van der Waals surface area contributed by atoms with Crippen molar-refractivity contribution in [1.29, 1.82) is 0 Å². The van der Waals surface area contributed by atoms with Gasteiger partial charge >= 0.3 is 11.9 Å². The van der Waals surface area contributed by atoms with Crippen LogP contribution in [0.25, 0.3) is 0 Å². The summed E-state index contributed by atoms with van der Waals surface area (Å²) >= 11 is 4.04. The lowest BCUT2D eigenvalue weighted by Crippen LogP contribution is -2.66. The van der Waals surface area contributed by atoms with Crippen LogP contribution >= 0.6 is 15.9 Å². The van der Waals surface area contributed by atoms with E-state index in [9.17, 15) is 14.7 Å². The van der Waals surface area contributed by atoms with E-state index in [2.05, 4.69) is 36.7 Å². The zero-order chi connectivity index (χ0) is 22.8. The van der Waals surface area contributed by atoms with Gasteiger partial charge in [0.1, 0.15) is 12.2 Å². The fraction of sp³-hybridized carbons (Fsp3) is 0.920. The van der Waals surface area contributed by atoms with E-state index in [0.717, 1.165) is 44.9 Å². The van der Waals surface area contributed by atoms with Crippen LogP contribution in [0.4, 0.5) is 0 Å². The van der Waals surface area contributed by atoms with E-state index in [1.807, 2.05) is 0 Å². The monoisotopic (exact) mass is 498 g/mol. The van der Waals surface area contributed by atoms with Crippen LogP contribution in [0.15, 0.2) is 0 Å². The summed E-state index contributed by atoms with van der Waals surface area (Å²) in [5.74, 6) is 1.56. The molecule has 4 aliphatic carbocycles. The molecule has 0 heterocycles. The van der Waals surface area contributed by atoms with Crippen molar-refractivity contribution in [2.75, 3.05) is 0 Å². The van der Waals surface area contributed by atoms with E-state index in [1.165, 1.54) is 13.8 Å². The Morgan fingerprint density at radius 3 is 2.39 bits per heavy atom. The quantitative estimate of drug-likeness (QED) is 0.436. The van der Waals surface area contributed by atoms with Gasteiger partial charge in [-0.2, -0.15) is 0 Å². The van der Waals surface area contributed by atoms with Crippen molar-refractivity contribution in [2.24, 2.45) is 34.5 Å². The Morgan fingerprint density at radius 2 is 1.74 bits per heavy atom. The van der Waals surface area contributed by atoms with Gasteiger partial charge in [0.05, 0.1) is 10.4 Å². The summed E-state index contributed by atoms with van der Waals surface area (Å²) in [7, 11) is 0. The van der Waals surface area contributed by atoms with Gasteiger partial charge in [0, 0.05) is 26.2 Å². The van der Waals surface area contributed by atoms with Gasteiger partial charge in [-0.25, -0.2) is 0 Å². The number of halogens is 1. The molecule has 0 radical (unpaired) electrons. The highest BCUT2D eigenvalue weighted by atomic mass is 79.9. The lowest BCUT2D eigenvalue weighted by atomic mass is 9.44. The third-order valence-corrected chi connectivity index (χ3v) is 11.8. The molecule has 0 unspecified atom stereocenters. The zero-order valence-corrected chi connectivity index (χ0v) is 21.2. The van der Waals surface area contributed by atoms with Crippen molar-refractivity contribution in [3.05, 3.63) is 0 Å². The molecular formula is C25H39BrO5. The molecule has 10 atom stereocenters. The van der Waals surface area contributed by atoms with E-state index in [-0.39, 0.29) is 35.0 Å². The average Bonchev–Trinajstić information content (AvgIpc) is 3.01. The van der Waals surface area contributed by atoms with Crippen molar-refractivity contribution >= 4 is 27.9 Å². The Balaban J connectivity index is 1.59. The number of rotatable bonds is 3. The number of hydrogen-bond donors (Lipinski definition) is 1. The summed E-state index contributed by atoms with van der Waals surface area (Å²) in [6, 6.07) is 0. The largest absolute Gasteiger partial charge is 0.463 e. The molecule has 0 spiro atoms. The van der Waals surface area contributed by atoms with Crippen molar-refractivity contribution in [3.8, 4) is 0 Å².